The van der Waals surface area contributed by atoms with Crippen molar-refractivity contribution < 1.29 is 45.8 Å². The fourth-order valence-electron chi connectivity index (χ4n) is 3.31. The van der Waals surface area contributed by atoms with Gasteiger partial charge in [0, 0.05) is 23.1 Å². The summed E-state index contributed by atoms with van der Waals surface area (Å²) in [5.74, 6) is -3.26. The minimum absolute atomic E-state index is 0.135. The number of hydrogen-bond donors (Lipinski definition) is 2. The van der Waals surface area contributed by atoms with Crippen molar-refractivity contribution in [1.29, 1.82) is 0 Å². The molecule has 0 heterocycles. The number of carbonyl (C=O) groups excluding carboxylic acids is 2. The molecule has 188 valence electrons. The molecule has 3 aromatic carbocycles. The summed E-state index contributed by atoms with van der Waals surface area (Å²) in [5, 5.41) is 11.4. The number of amides is 1. The second kappa shape index (κ2) is 10.2. The van der Waals surface area contributed by atoms with Gasteiger partial charge in [0.1, 0.15) is 6.04 Å². The van der Waals surface area contributed by atoms with Crippen LogP contribution < -0.4 is 5.32 Å². The van der Waals surface area contributed by atoms with Gasteiger partial charge < -0.3 is 10.4 Å². The summed E-state index contributed by atoms with van der Waals surface area (Å²) in [7, 11) is 0. The van der Waals surface area contributed by atoms with Crippen molar-refractivity contribution in [3.05, 3.63) is 106 Å². The number of alkyl halides is 6. The van der Waals surface area contributed by atoms with E-state index >= 15 is 0 Å². The summed E-state index contributed by atoms with van der Waals surface area (Å²) in [6.07, 6.45) is -10.7. The molecule has 0 fully saturated rings. The van der Waals surface area contributed by atoms with E-state index in [1.54, 1.807) is 30.3 Å². The number of aliphatic carboxylic acids is 1. The summed E-state index contributed by atoms with van der Waals surface area (Å²) in [6.45, 7) is 0. The maximum absolute atomic E-state index is 13.1. The van der Waals surface area contributed by atoms with Gasteiger partial charge in [-0.25, -0.2) is 4.79 Å². The van der Waals surface area contributed by atoms with Gasteiger partial charge in [0.15, 0.2) is 5.78 Å². The van der Waals surface area contributed by atoms with Gasteiger partial charge >= 0.3 is 18.3 Å². The van der Waals surface area contributed by atoms with Crippen LogP contribution in [0.25, 0.3) is 0 Å². The van der Waals surface area contributed by atoms with Crippen LogP contribution in [0.5, 0.6) is 0 Å². The third-order valence-electron chi connectivity index (χ3n) is 5.15. The summed E-state index contributed by atoms with van der Waals surface area (Å²) < 4.78 is 78.4. The molecule has 0 aromatic heterocycles. The number of ketones is 1. The van der Waals surface area contributed by atoms with Crippen LogP contribution in [-0.4, -0.2) is 28.8 Å². The number of carboxylic acid groups (broad SMARTS) is 1. The first-order valence-corrected chi connectivity index (χ1v) is 10.3. The third-order valence-corrected chi connectivity index (χ3v) is 5.15. The molecule has 3 rings (SSSR count). The highest BCUT2D eigenvalue weighted by Crippen LogP contribution is 2.36. The Bertz CT molecular complexity index is 1240. The van der Waals surface area contributed by atoms with Crippen LogP contribution in [0.1, 0.15) is 43.0 Å². The first kappa shape index (κ1) is 26.5. The van der Waals surface area contributed by atoms with Crippen molar-refractivity contribution in [2.24, 2.45) is 0 Å². The summed E-state index contributed by atoms with van der Waals surface area (Å²) in [6, 6.07) is 12.7. The van der Waals surface area contributed by atoms with E-state index in [0.29, 0.717) is 16.7 Å². The molecule has 0 aliphatic carbocycles. The Morgan fingerprint density at radius 3 is 1.69 bits per heavy atom. The third kappa shape index (κ3) is 6.49. The number of benzene rings is 3. The van der Waals surface area contributed by atoms with Crippen molar-refractivity contribution in [1.82, 2.24) is 5.32 Å². The Kier molecular flexibility index (Phi) is 7.51. The van der Waals surface area contributed by atoms with Crippen molar-refractivity contribution in [2.45, 2.75) is 24.8 Å². The van der Waals surface area contributed by atoms with Crippen LogP contribution in [-0.2, 0) is 23.6 Å². The normalized spacial score (nSPS) is 12.6. The van der Waals surface area contributed by atoms with E-state index in [2.05, 4.69) is 0 Å². The van der Waals surface area contributed by atoms with Gasteiger partial charge in [-0.3, -0.25) is 9.59 Å². The average molecular weight is 509 g/mol. The average Bonchev–Trinajstić information content (AvgIpc) is 2.82. The van der Waals surface area contributed by atoms with Crippen LogP contribution in [0.2, 0.25) is 0 Å². The highest BCUT2D eigenvalue weighted by atomic mass is 19.4. The monoisotopic (exact) mass is 509 g/mol. The highest BCUT2D eigenvalue weighted by molar-refractivity contribution is 6.09. The molecule has 1 amide bonds. The molecular formula is C25H17F6NO4. The molecule has 0 aliphatic rings. The Balaban J connectivity index is 1.80. The standard InChI is InChI=1S/C25H17F6NO4/c26-24(27,28)18-11-17(12-19(13-18)25(29,30)31)22(34)32-20(23(35)36)10-14-6-8-16(9-7-14)21(33)15-4-2-1-3-5-15/h1-9,11-13,20H,10H2,(H,32,34)(H,35,36)/t20-/m1/s1. The van der Waals surface area contributed by atoms with Crippen molar-refractivity contribution in [3.8, 4) is 0 Å². The summed E-state index contributed by atoms with van der Waals surface area (Å²) in [5.41, 5.74) is -3.30. The van der Waals surface area contributed by atoms with E-state index in [4.69, 9.17) is 0 Å². The maximum atomic E-state index is 13.1. The highest BCUT2D eigenvalue weighted by Gasteiger charge is 2.37. The van der Waals surface area contributed by atoms with Crippen LogP contribution in [0.3, 0.4) is 0 Å². The number of halogens is 6. The van der Waals surface area contributed by atoms with E-state index in [0.717, 1.165) is 0 Å². The van der Waals surface area contributed by atoms with Crippen molar-refractivity contribution >= 4 is 17.7 Å². The van der Waals surface area contributed by atoms with Gasteiger partial charge in [0.2, 0.25) is 0 Å². The SMILES string of the molecule is O=C(N[C@H](Cc1ccc(C(=O)c2ccccc2)cc1)C(=O)O)c1cc(C(F)(F)F)cc(C(F)(F)F)c1. The predicted molar refractivity (Wildman–Crippen MR) is 115 cm³/mol. The zero-order valence-corrected chi connectivity index (χ0v) is 18.2. The number of hydrogen-bond acceptors (Lipinski definition) is 3. The zero-order chi connectivity index (χ0) is 26.7. The van der Waals surface area contributed by atoms with Gasteiger partial charge in [0.25, 0.3) is 5.91 Å². The maximum Gasteiger partial charge on any atom is 0.416 e. The quantitative estimate of drug-likeness (QED) is 0.331. The molecule has 0 unspecified atom stereocenters. The molecule has 3 aromatic rings. The van der Waals surface area contributed by atoms with E-state index in [1.807, 2.05) is 5.32 Å². The van der Waals surface area contributed by atoms with Crippen LogP contribution >= 0.6 is 0 Å². The molecule has 0 radical (unpaired) electrons. The molecule has 0 aliphatic heterocycles. The minimum atomic E-state index is -5.17. The molecule has 0 spiro atoms. The lowest BCUT2D eigenvalue weighted by molar-refractivity contribution is -0.143. The van der Waals surface area contributed by atoms with Gasteiger partial charge in [-0.15, -0.1) is 0 Å². The Labute approximate surface area is 200 Å². The molecular weight excluding hydrogens is 492 g/mol. The Morgan fingerprint density at radius 1 is 0.722 bits per heavy atom. The summed E-state index contributed by atoms with van der Waals surface area (Å²) >= 11 is 0. The predicted octanol–water partition coefficient (Wildman–Crippen LogP) is 5.38. The van der Waals surface area contributed by atoms with Crippen molar-refractivity contribution in [2.75, 3.05) is 0 Å². The largest absolute Gasteiger partial charge is 0.480 e. The molecule has 0 bridgehead atoms. The molecule has 0 saturated carbocycles. The molecule has 0 saturated heterocycles. The van der Waals surface area contributed by atoms with Gasteiger partial charge in [-0.1, -0.05) is 54.6 Å². The lowest BCUT2D eigenvalue weighted by Gasteiger charge is -2.17. The fourth-order valence-corrected chi connectivity index (χ4v) is 3.31. The van der Waals surface area contributed by atoms with Crippen LogP contribution in [0.4, 0.5) is 26.3 Å². The Morgan fingerprint density at radius 2 is 1.22 bits per heavy atom. The zero-order valence-electron chi connectivity index (χ0n) is 18.2. The lowest BCUT2D eigenvalue weighted by Crippen LogP contribution is -2.42. The van der Waals surface area contributed by atoms with Gasteiger partial charge in [-0.2, -0.15) is 26.3 Å². The minimum Gasteiger partial charge on any atom is -0.480 e. The lowest BCUT2D eigenvalue weighted by atomic mass is 9.99. The number of rotatable bonds is 7. The van der Waals surface area contributed by atoms with E-state index in [1.165, 1.54) is 24.3 Å². The van der Waals surface area contributed by atoms with Gasteiger partial charge in [-0.05, 0) is 23.8 Å². The first-order chi connectivity index (χ1) is 16.8. The van der Waals surface area contributed by atoms with Crippen molar-refractivity contribution in [3.63, 3.8) is 0 Å². The summed E-state index contributed by atoms with van der Waals surface area (Å²) in [4.78, 5) is 36.6. The second-order valence-electron chi connectivity index (χ2n) is 7.76. The van der Waals surface area contributed by atoms with E-state index in [-0.39, 0.29) is 30.4 Å². The van der Waals surface area contributed by atoms with E-state index < -0.39 is 47.0 Å². The Hall–Kier alpha value is -4.15. The fraction of sp³-hybridized carbons (Fsp3) is 0.160. The number of nitrogens with one attached hydrogen (secondary N) is 1. The number of carboxylic acids is 1. The molecule has 2 N–H and O–H groups in total. The topological polar surface area (TPSA) is 83.5 Å². The van der Waals surface area contributed by atoms with Crippen LogP contribution in [0.15, 0.2) is 72.8 Å². The van der Waals surface area contributed by atoms with Crippen LogP contribution in [0, 0.1) is 0 Å². The second-order valence-corrected chi connectivity index (χ2v) is 7.76. The molecule has 11 heteroatoms. The number of carbonyl (C=O) groups is 3. The molecule has 1 atom stereocenters. The molecule has 5 nitrogen and oxygen atoms in total. The van der Waals surface area contributed by atoms with E-state index in [9.17, 15) is 45.8 Å². The molecule has 36 heavy (non-hydrogen) atoms. The smallest absolute Gasteiger partial charge is 0.416 e. The first-order valence-electron chi connectivity index (χ1n) is 10.3. The van der Waals surface area contributed by atoms with Gasteiger partial charge in [0.05, 0.1) is 11.1 Å².